The minimum atomic E-state index is -0.452. The molecule has 0 N–H and O–H groups in total. The van der Waals surface area contributed by atoms with Crippen LogP contribution in [0.2, 0.25) is 0 Å². The summed E-state index contributed by atoms with van der Waals surface area (Å²) in [5.74, 6) is 0.185. The number of ether oxygens (including phenoxy) is 2. The zero-order valence-corrected chi connectivity index (χ0v) is 18.3. The van der Waals surface area contributed by atoms with Gasteiger partial charge in [-0.3, -0.25) is 4.79 Å². The average Bonchev–Trinajstić information content (AvgIpc) is 3.08. The lowest BCUT2D eigenvalue weighted by Gasteiger charge is -2.25. The molecule has 2 heterocycles. The molecule has 3 rings (SSSR count). The highest BCUT2D eigenvalue weighted by Crippen LogP contribution is 2.41. The van der Waals surface area contributed by atoms with Crippen LogP contribution in [0.25, 0.3) is 16.6 Å². The van der Waals surface area contributed by atoms with Gasteiger partial charge < -0.3 is 13.9 Å². The number of esters is 1. The molecule has 0 atom stereocenters. The van der Waals surface area contributed by atoms with Crippen LogP contribution >= 0.6 is 0 Å². The van der Waals surface area contributed by atoms with E-state index >= 15 is 0 Å². The van der Waals surface area contributed by atoms with E-state index < -0.39 is 5.97 Å². The van der Waals surface area contributed by atoms with Crippen molar-refractivity contribution in [1.82, 2.24) is 4.40 Å². The van der Waals surface area contributed by atoms with Gasteiger partial charge in [0.15, 0.2) is 6.29 Å². The largest absolute Gasteiger partial charge is 0.493 e. The highest BCUT2D eigenvalue weighted by molar-refractivity contribution is 6.10. The van der Waals surface area contributed by atoms with Gasteiger partial charge in [-0.15, -0.1) is 0 Å². The van der Waals surface area contributed by atoms with Gasteiger partial charge in [0, 0.05) is 17.3 Å². The van der Waals surface area contributed by atoms with Crippen LogP contribution in [0.3, 0.4) is 0 Å². The molecule has 5 heteroatoms. The summed E-state index contributed by atoms with van der Waals surface area (Å²) >= 11 is 0. The molecule has 0 spiro atoms. The van der Waals surface area contributed by atoms with E-state index in [1.807, 2.05) is 37.3 Å². The number of aromatic nitrogens is 1. The Balaban J connectivity index is 2.43. The van der Waals surface area contributed by atoms with E-state index in [0.29, 0.717) is 34.7 Å². The molecule has 0 aliphatic carbocycles. The van der Waals surface area contributed by atoms with Gasteiger partial charge in [0.25, 0.3) is 0 Å². The first-order chi connectivity index (χ1) is 14.4. The van der Waals surface area contributed by atoms with Gasteiger partial charge in [-0.25, -0.2) is 4.79 Å². The third kappa shape index (κ3) is 3.72. The van der Waals surface area contributed by atoms with E-state index in [-0.39, 0.29) is 12.0 Å². The molecule has 0 unspecified atom stereocenters. The van der Waals surface area contributed by atoms with Crippen molar-refractivity contribution in [2.45, 2.75) is 46.5 Å². The number of rotatable bonds is 8. The summed E-state index contributed by atoms with van der Waals surface area (Å²) in [7, 11) is 0. The predicted molar refractivity (Wildman–Crippen MR) is 119 cm³/mol. The second kappa shape index (κ2) is 8.74. The molecule has 0 radical (unpaired) electrons. The Labute approximate surface area is 177 Å². The number of hydrogen-bond acceptors (Lipinski definition) is 4. The second-order valence-corrected chi connectivity index (χ2v) is 7.81. The van der Waals surface area contributed by atoms with E-state index in [9.17, 15) is 9.59 Å². The summed E-state index contributed by atoms with van der Waals surface area (Å²) in [5, 5.41) is 0. The second-order valence-electron chi connectivity index (χ2n) is 7.81. The number of aldehydes is 1. The topological polar surface area (TPSA) is 57.0 Å². The fraction of sp³-hybridized carbons (Fsp3) is 0.360. The lowest BCUT2D eigenvalue weighted by molar-refractivity contribution is 0.0529. The summed E-state index contributed by atoms with van der Waals surface area (Å²) in [6.45, 7) is 10.9. The fourth-order valence-electron chi connectivity index (χ4n) is 3.66. The molecule has 3 aromatic rings. The molecule has 0 saturated carbocycles. The third-order valence-electron chi connectivity index (χ3n) is 5.69. The first-order valence-electron chi connectivity index (χ1n) is 10.4. The number of hydrogen-bond donors (Lipinski definition) is 0. The average molecular weight is 408 g/mol. The van der Waals surface area contributed by atoms with E-state index in [0.717, 1.165) is 23.8 Å². The highest BCUT2D eigenvalue weighted by atomic mass is 16.5. The quantitative estimate of drug-likeness (QED) is 0.356. The first-order valence-corrected chi connectivity index (χ1v) is 10.4. The van der Waals surface area contributed by atoms with E-state index in [1.54, 1.807) is 17.5 Å². The SMILES string of the molecule is CCOC(=O)c1c(-c2cc(C(C)(C)CC)ccc2OCC)c(C=O)n2ccccc12. The van der Waals surface area contributed by atoms with E-state index in [2.05, 4.69) is 26.8 Å². The standard InChI is InChI=1S/C25H29NO4/c1-6-25(4,5)17-12-13-21(29-7-2)18(15-17)22-20(16-27)26-14-10-9-11-19(26)23(22)24(28)30-8-3/h9-16H,6-8H2,1-5H3. The Morgan fingerprint density at radius 3 is 2.50 bits per heavy atom. The lowest BCUT2D eigenvalue weighted by Crippen LogP contribution is -2.15. The highest BCUT2D eigenvalue weighted by Gasteiger charge is 2.28. The molecular weight excluding hydrogens is 378 g/mol. The Hall–Kier alpha value is -3.08. The minimum Gasteiger partial charge on any atom is -0.493 e. The van der Waals surface area contributed by atoms with Crippen molar-refractivity contribution in [3.8, 4) is 16.9 Å². The van der Waals surface area contributed by atoms with Crippen molar-refractivity contribution >= 4 is 17.8 Å². The summed E-state index contributed by atoms with van der Waals surface area (Å²) in [4.78, 5) is 25.2. The number of carbonyl (C=O) groups excluding carboxylic acids is 2. The maximum Gasteiger partial charge on any atom is 0.340 e. The lowest BCUT2D eigenvalue weighted by atomic mass is 9.81. The van der Waals surface area contributed by atoms with Crippen LogP contribution in [0, 0.1) is 0 Å². The Kier molecular flexibility index (Phi) is 6.30. The molecule has 158 valence electrons. The summed E-state index contributed by atoms with van der Waals surface area (Å²) < 4.78 is 13.0. The van der Waals surface area contributed by atoms with Crippen LogP contribution in [0.4, 0.5) is 0 Å². The molecule has 0 bridgehead atoms. The molecule has 30 heavy (non-hydrogen) atoms. The van der Waals surface area contributed by atoms with Crippen LogP contribution in [-0.4, -0.2) is 29.9 Å². The summed E-state index contributed by atoms with van der Waals surface area (Å²) in [6.07, 6.45) is 3.52. The van der Waals surface area contributed by atoms with E-state index in [4.69, 9.17) is 9.47 Å². The fourth-order valence-corrected chi connectivity index (χ4v) is 3.66. The van der Waals surface area contributed by atoms with Gasteiger partial charge in [-0.2, -0.15) is 0 Å². The molecule has 5 nitrogen and oxygen atoms in total. The van der Waals surface area contributed by atoms with Gasteiger partial charge in [-0.05, 0) is 55.5 Å². The number of pyridine rings is 1. The van der Waals surface area contributed by atoms with Gasteiger partial charge in [-0.1, -0.05) is 32.9 Å². The maximum atomic E-state index is 13.0. The van der Waals surface area contributed by atoms with Crippen molar-refractivity contribution < 1.29 is 19.1 Å². The van der Waals surface area contributed by atoms with Crippen molar-refractivity contribution in [2.75, 3.05) is 13.2 Å². The van der Waals surface area contributed by atoms with Crippen LogP contribution in [0.5, 0.6) is 5.75 Å². The Morgan fingerprint density at radius 2 is 1.87 bits per heavy atom. The monoisotopic (exact) mass is 407 g/mol. The van der Waals surface area contributed by atoms with Crippen LogP contribution in [0.1, 0.15) is 67.4 Å². The van der Waals surface area contributed by atoms with Crippen molar-refractivity contribution in [3.05, 3.63) is 59.4 Å². The van der Waals surface area contributed by atoms with Crippen molar-refractivity contribution in [2.24, 2.45) is 0 Å². The van der Waals surface area contributed by atoms with Crippen molar-refractivity contribution in [3.63, 3.8) is 0 Å². The number of benzene rings is 1. The molecule has 0 aliphatic heterocycles. The molecule has 0 aliphatic rings. The zero-order chi connectivity index (χ0) is 21.9. The third-order valence-corrected chi connectivity index (χ3v) is 5.69. The Morgan fingerprint density at radius 1 is 1.10 bits per heavy atom. The number of fused-ring (bicyclic) bond motifs is 1. The van der Waals surface area contributed by atoms with E-state index in [1.165, 1.54) is 0 Å². The normalized spacial score (nSPS) is 11.5. The molecule has 0 fully saturated rings. The van der Waals surface area contributed by atoms with Crippen LogP contribution in [0.15, 0.2) is 42.6 Å². The minimum absolute atomic E-state index is 0.0654. The molecule has 0 saturated heterocycles. The van der Waals surface area contributed by atoms with Crippen LogP contribution < -0.4 is 4.74 Å². The predicted octanol–water partition coefficient (Wildman–Crippen LogP) is 5.68. The maximum absolute atomic E-state index is 13.0. The van der Waals surface area contributed by atoms with Crippen LogP contribution in [-0.2, 0) is 10.2 Å². The van der Waals surface area contributed by atoms with Crippen molar-refractivity contribution in [1.29, 1.82) is 0 Å². The zero-order valence-electron chi connectivity index (χ0n) is 18.3. The number of carbonyl (C=O) groups is 2. The van der Waals surface area contributed by atoms with Gasteiger partial charge in [0.1, 0.15) is 5.75 Å². The summed E-state index contributed by atoms with van der Waals surface area (Å²) in [6, 6.07) is 11.5. The molecule has 2 aromatic heterocycles. The van der Waals surface area contributed by atoms with Gasteiger partial charge in [0.05, 0.1) is 30.0 Å². The number of nitrogens with zero attached hydrogens (tertiary/aromatic N) is 1. The Bertz CT molecular complexity index is 1080. The molecule has 1 aromatic carbocycles. The molecule has 0 amide bonds. The van der Waals surface area contributed by atoms with Gasteiger partial charge >= 0.3 is 5.97 Å². The first kappa shape index (κ1) is 21.6. The summed E-state index contributed by atoms with van der Waals surface area (Å²) in [5.41, 5.74) is 3.75. The smallest absolute Gasteiger partial charge is 0.340 e. The molecular formula is C25H29NO4. The van der Waals surface area contributed by atoms with Gasteiger partial charge in [0.2, 0.25) is 0 Å².